The summed E-state index contributed by atoms with van der Waals surface area (Å²) in [5, 5.41) is 0. The Hall–Kier alpha value is -0.460. The average molecular weight is 449 g/mol. The van der Waals surface area contributed by atoms with E-state index >= 15 is 0 Å². The van der Waals surface area contributed by atoms with Crippen molar-refractivity contribution in [3.8, 4) is 11.4 Å². The van der Waals surface area contributed by atoms with Crippen molar-refractivity contribution in [1.82, 2.24) is 9.97 Å². The van der Waals surface area contributed by atoms with Crippen molar-refractivity contribution >= 4 is 47.8 Å². The van der Waals surface area contributed by atoms with Gasteiger partial charge < -0.3 is 4.98 Å². The second-order valence-corrected chi connectivity index (χ2v) is 7.02. The van der Waals surface area contributed by atoms with E-state index in [9.17, 15) is 4.79 Å². The third-order valence-electron chi connectivity index (χ3n) is 3.05. The smallest absolute Gasteiger partial charge is 0.265 e. The van der Waals surface area contributed by atoms with Gasteiger partial charge in [0.15, 0.2) is 0 Å². The van der Waals surface area contributed by atoms with Gasteiger partial charge in [0.25, 0.3) is 5.56 Å². The zero-order valence-electron chi connectivity index (χ0n) is 9.71. The Morgan fingerprint density at radius 3 is 2.53 bits per heavy atom. The maximum atomic E-state index is 12.0. The number of H-pyrrole nitrogens is 1. The monoisotopic (exact) mass is 446 g/mol. The van der Waals surface area contributed by atoms with E-state index in [4.69, 9.17) is 0 Å². The van der Waals surface area contributed by atoms with Crippen LogP contribution in [0.2, 0.25) is 0 Å². The number of halogens is 3. The molecule has 0 radical (unpaired) electrons. The van der Waals surface area contributed by atoms with E-state index in [2.05, 4.69) is 57.8 Å². The predicted octanol–water partition coefficient (Wildman–Crippen LogP) is 4.60. The van der Waals surface area contributed by atoms with Gasteiger partial charge in [0.05, 0.1) is 5.69 Å². The molecule has 1 N–H and O–H groups in total. The molecule has 2 aromatic rings. The minimum absolute atomic E-state index is 0.119. The number of benzene rings is 1. The van der Waals surface area contributed by atoms with Crippen LogP contribution in [0.1, 0.15) is 24.5 Å². The molecule has 1 saturated carbocycles. The third-order valence-corrected chi connectivity index (χ3v) is 5.69. The molecular formula is C13H9Br3N2O. The summed E-state index contributed by atoms with van der Waals surface area (Å²) in [6, 6.07) is 5.79. The van der Waals surface area contributed by atoms with Crippen LogP contribution in [-0.4, -0.2) is 9.97 Å². The van der Waals surface area contributed by atoms with Crippen LogP contribution >= 0.6 is 47.8 Å². The summed E-state index contributed by atoms with van der Waals surface area (Å²) in [6.07, 6.45) is 2.22. The second-order valence-electron chi connectivity index (χ2n) is 4.52. The largest absolute Gasteiger partial charge is 0.306 e. The fourth-order valence-electron chi connectivity index (χ4n) is 1.88. The van der Waals surface area contributed by atoms with Gasteiger partial charge in [-0.25, -0.2) is 4.98 Å². The third kappa shape index (κ3) is 2.71. The zero-order valence-corrected chi connectivity index (χ0v) is 14.5. The Morgan fingerprint density at radius 2 is 1.89 bits per heavy atom. The van der Waals surface area contributed by atoms with Gasteiger partial charge in [-0.15, -0.1) is 0 Å². The molecule has 19 heavy (non-hydrogen) atoms. The summed E-state index contributed by atoms with van der Waals surface area (Å²) in [7, 11) is 0. The molecule has 0 saturated heterocycles. The lowest BCUT2D eigenvalue weighted by Gasteiger charge is -2.07. The normalized spacial score (nSPS) is 14.7. The van der Waals surface area contributed by atoms with Gasteiger partial charge >= 0.3 is 0 Å². The molecule has 0 atom stereocenters. The molecule has 3 rings (SSSR count). The van der Waals surface area contributed by atoms with Crippen LogP contribution in [0.4, 0.5) is 0 Å². The van der Waals surface area contributed by atoms with Crippen LogP contribution in [0, 0.1) is 0 Å². The van der Waals surface area contributed by atoms with Crippen molar-refractivity contribution in [3.63, 3.8) is 0 Å². The van der Waals surface area contributed by atoms with Crippen molar-refractivity contribution in [3.05, 3.63) is 47.7 Å². The molecule has 0 bridgehead atoms. The molecule has 1 fully saturated rings. The van der Waals surface area contributed by atoms with Crippen LogP contribution in [0.5, 0.6) is 0 Å². The van der Waals surface area contributed by atoms with Gasteiger partial charge in [-0.1, -0.05) is 6.07 Å². The first kappa shape index (κ1) is 13.5. The van der Waals surface area contributed by atoms with E-state index in [-0.39, 0.29) is 5.56 Å². The summed E-state index contributed by atoms with van der Waals surface area (Å²) in [4.78, 5) is 19.4. The zero-order chi connectivity index (χ0) is 13.6. The van der Waals surface area contributed by atoms with Crippen LogP contribution < -0.4 is 5.56 Å². The molecule has 1 aromatic carbocycles. The molecule has 1 aliphatic carbocycles. The molecule has 98 valence electrons. The van der Waals surface area contributed by atoms with Crippen molar-refractivity contribution in [2.45, 2.75) is 18.8 Å². The second kappa shape index (κ2) is 5.14. The SMILES string of the molecule is O=c1[nH]c(-c2ccc(Br)c(Br)c2)nc(C2CC2)c1Br. The molecule has 1 heterocycles. The maximum absolute atomic E-state index is 12.0. The minimum Gasteiger partial charge on any atom is -0.306 e. The van der Waals surface area contributed by atoms with Crippen LogP contribution in [0.3, 0.4) is 0 Å². The quantitative estimate of drug-likeness (QED) is 0.729. The number of rotatable bonds is 2. The Morgan fingerprint density at radius 1 is 1.16 bits per heavy atom. The summed E-state index contributed by atoms with van der Waals surface area (Å²) in [5.41, 5.74) is 1.64. The van der Waals surface area contributed by atoms with Crippen LogP contribution in [-0.2, 0) is 0 Å². The van der Waals surface area contributed by atoms with E-state index < -0.39 is 0 Å². The molecule has 3 nitrogen and oxygen atoms in total. The Labute approximate surface area is 135 Å². The van der Waals surface area contributed by atoms with E-state index in [1.54, 1.807) is 0 Å². The number of aromatic amines is 1. The Balaban J connectivity index is 2.14. The first-order valence-corrected chi connectivity index (χ1v) is 8.19. The van der Waals surface area contributed by atoms with E-state index in [1.165, 1.54) is 0 Å². The van der Waals surface area contributed by atoms with Gasteiger partial charge in [0, 0.05) is 20.4 Å². The lowest BCUT2D eigenvalue weighted by atomic mass is 10.2. The molecule has 0 amide bonds. The van der Waals surface area contributed by atoms with Crippen molar-refractivity contribution in [2.24, 2.45) is 0 Å². The highest BCUT2D eigenvalue weighted by molar-refractivity contribution is 9.13. The highest BCUT2D eigenvalue weighted by atomic mass is 79.9. The average Bonchev–Trinajstić information content (AvgIpc) is 3.20. The highest BCUT2D eigenvalue weighted by Crippen LogP contribution is 2.41. The minimum atomic E-state index is -0.119. The molecule has 6 heteroatoms. The molecule has 1 aliphatic rings. The molecule has 0 unspecified atom stereocenters. The summed E-state index contributed by atoms with van der Waals surface area (Å²) in [6.45, 7) is 0. The predicted molar refractivity (Wildman–Crippen MR) is 85.4 cm³/mol. The molecular weight excluding hydrogens is 440 g/mol. The fourth-order valence-corrected chi connectivity index (χ4v) is 3.02. The van der Waals surface area contributed by atoms with Gasteiger partial charge in [0.2, 0.25) is 0 Å². The van der Waals surface area contributed by atoms with E-state index in [0.29, 0.717) is 16.2 Å². The first-order valence-electron chi connectivity index (χ1n) is 5.81. The van der Waals surface area contributed by atoms with Gasteiger partial charge in [-0.05, 0) is 72.8 Å². The Kier molecular flexibility index (Phi) is 3.66. The van der Waals surface area contributed by atoms with Crippen molar-refractivity contribution in [2.75, 3.05) is 0 Å². The number of hydrogen-bond donors (Lipinski definition) is 1. The number of hydrogen-bond acceptors (Lipinski definition) is 2. The van der Waals surface area contributed by atoms with E-state index in [1.807, 2.05) is 18.2 Å². The lowest BCUT2D eigenvalue weighted by Crippen LogP contribution is -2.13. The highest BCUT2D eigenvalue weighted by Gasteiger charge is 2.29. The van der Waals surface area contributed by atoms with E-state index in [0.717, 1.165) is 33.0 Å². The number of nitrogens with one attached hydrogen (secondary N) is 1. The number of aromatic nitrogens is 2. The van der Waals surface area contributed by atoms with Gasteiger partial charge in [0.1, 0.15) is 10.3 Å². The van der Waals surface area contributed by atoms with Crippen molar-refractivity contribution < 1.29 is 0 Å². The first-order chi connectivity index (χ1) is 9.06. The van der Waals surface area contributed by atoms with Gasteiger partial charge in [-0.3, -0.25) is 4.79 Å². The topological polar surface area (TPSA) is 45.8 Å². The summed E-state index contributed by atoms with van der Waals surface area (Å²) >= 11 is 10.2. The van der Waals surface area contributed by atoms with Gasteiger partial charge in [-0.2, -0.15) is 0 Å². The summed E-state index contributed by atoms with van der Waals surface area (Å²) < 4.78 is 2.47. The number of nitrogens with zero attached hydrogens (tertiary/aromatic N) is 1. The molecule has 1 aromatic heterocycles. The Bertz CT molecular complexity index is 708. The molecule has 0 aliphatic heterocycles. The van der Waals surface area contributed by atoms with Crippen molar-refractivity contribution in [1.29, 1.82) is 0 Å². The fraction of sp³-hybridized carbons (Fsp3) is 0.231. The summed E-state index contributed by atoms with van der Waals surface area (Å²) in [5.74, 6) is 1.04. The maximum Gasteiger partial charge on any atom is 0.265 e. The molecule has 0 spiro atoms. The standard InChI is InChI=1S/C13H9Br3N2O/c14-8-4-3-7(5-9(8)15)12-17-11(6-1-2-6)10(16)13(19)18-12/h3-6H,1-2H2,(H,17,18,19). The van der Waals surface area contributed by atoms with Crippen LogP contribution in [0.15, 0.2) is 36.4 Å². The lowest BCUT2D eigenvalue weighted by molar-refractivity contribution is 0.960. The van der Waals surface area contributed by atoms with Crippen LogP contribution in [0.25, 0.3) is 11.4 Å².